The molecule has 0 bridgehead atoms. The van der Waals surface area contributed by atoms with E-state index < -0.39 is 17.9 Å². The minimum Gasteiger partial charge on any atom is -0.482 e. The highest BCUT2D eigenvalue weighted by Gasteiger charge is 2.26. The van der Waals surface area contributed by atoms with Gasteiger partial charge in [-0.25, -0.2) is 0 Å². The van der Waals surface area contributed by atoms with Crippen molar-refractivity contribution in [1.29, 1.82) is 0 Å². The van der Waals surface area contributed by atoms with Crippen LogP contribution in [0.5, 0.6) is 5.75 Å². The molecule has 0 aliphatic carbocycles. The van der Waals surface area contributed by atoms with Gasteiger partial charge in [0.25, 0.3) is 5.91 Å². The molecular weight excluding hydrogens is 248 g/mol. The molecule has 19 heavy (non-hydrogen) atoms. The van der Waals surface area contributed by atoms with E-state index in [1.54, 1.807) is 32.2 Å². The molecule has 2 unspecified atom stereocenters. The number of carbonyl (C=O) groups is 2. The van der Waals surface area contributed by atoms with Crippen LogP contribution in [0.25, 0.3) is 0 Å². The summed E-state index contributed by atoms with van der Waals surface area (Å²) in [5.41, 5.74) is 7.21. The molecule has 0 saturated carbocycles. The minimum absolute atomic E-state index is 0.0143. The summed E-state index contributed by atoms with van der Waals surface area (Å²) in [5.74, 6) is -1.21. The molecule has 1 aromatic rings. The number of benzene rings is 1. The van der Waals surface area contributed by atoms with E-state index in [9.17, 15) is 9.59 Å². The Morgan fingerprint density at radius 3 is 2.84 bits per heavy atom. The third kappa shape index (κ3) is 2.39. The number of nitrogens with zero attached hydrogens (tertiary/aromatic N) is 1. The van der Waals surface area contributed by atoms with Crippen LogP contribution >= 0.6 is 0 Å². The number of carboxylic acids is 1. The van der Waals surface area contributed by atoms with Crippen LogP contribution in [0.4, 0.5) is 5.69 Å². The maximum absolute atomic E-state index is 11.6. The lowest BCUT2D eigenvalue weighted by atomic mass is 9.94. The highest BCUT2D eigenvalue weighted by molar-refractivity contribution is 5.97. The first kappa shape index (κ1) is 13.4. The number of fused-ring (bicyclic) bond motifs is 1. The van der Waals surface area contributed by atoms with Crippen molar-refractivity contribution in [1.82, 2.24) is 0 Å². The number of likely N-dealkylation sites (N-methyl/N-ethyl adjacent to an activating group) is 1. The van der Waals surface area contributed by atoms with Crippen molar-refractivity contribution in [3.63, 3.8) is 0 Å². The van der Waals surface area contributed by atoms with E-state index in [0.717, 1.165) is 0 Å². The van der Waals surface area contributed by atoms with Gasteiger partial charge in [-0.3, -0.25) is 9.59 Å². The Morgan fingerprint density at radius 2 is 2.21 bits per heavy atom. The molecule has 1 aliphatic heterocycles. The van der Waals surface area contributed by atoms with Crippen molar-refractivity contribution in [2.75, 3.05) is 18.6 Å². The molecule has 6 heteroatoms. The monoisotopic (exact) mass is 264 g/mol. The van der Waals surface area contributed by atoms with E-state index in [0.29, 0.717) is 17.0 Å². The quantitative estimate of drug-likeness (QED) is 0.840. The van der Waals surface area contributed by atoms with E-state index in [1.165, 1.54) is 4.90 Å². The van der Waals surface area contributed by atoms with E-state index in [4.69, 9.17) is 15.6 Å². The zero-order valence-corrected chi connectivity index (χ0v) is 10.8. The summed E-state index contributed by atoms with van der Waals surface area (Å²) in [5, 5.41) is 8.98. The van der Waals surface area contributed by atoms with Crippen LogP contribution in [-0.2, 0) is 9.59 Å². The van der Waals surface area contributed by atoms with Gasteiger partial charge in [-0.15, -0.1) is 0 Å². The zero-order valence-electron chi connectivity index (χ0n) is 10.8. The first-order valence-electron chi connectivity index (χ1n) is 5.93. The molecule has 3 N–H and O–H groups in total. The van der Waals surface area contributed by atoms with Gasteiger partial charge in [-0.2, -0.15) is 0 Å². The van der Waals surface area contributed by atoms with Crippen molar-refractivity contribution in [2.24, 2.45) is 11.7 Å². The third-order valence-electron chi connectivity index (χ3n) is 3.38. The van der Waals surface area contributed by atoms with Crippen LogP contribution < -0.4 is 15.4 Å². The third-order valence-corrected chi connectivity index (χ3v) is 3.38. The number of amides is 1. The molecule has 2 rings (SSSR count). The minimum atomic E-state index is -0.953. The fraction of sp³-hybridized carbons (Fsp3) is 0.385. The molecule has 0 fully saturated rings. The summed E-state index contributed by atoms with van der Waals surface area (Å²) in [6.07, 6.45) is 0. The lowest BCUT2D eigenvalue weighted by Crippen LogP contribution is -2.35. The first-order valence-corrected chi connectivity index (χ1v) is 5.93. The summed E-state index contributed by atoms with van der Waals surface area (Å²) in [6, 6.07) is 4.51. The second-order valence-corrected chi connectivity index (χ2v) is 4.62. The SMILES string of the molecule is CC(C(=O)O)C(N)c1ccc2c(c1)N(C)C(=O)CO2. The number of hydrogen-bond donors (Lipinski definition) is 2. The smallest absolute Gasteiger partial charge is 0.308 e. The number of aliphatic carboxylic acids is 1. The largest absolute Gasteiger partial charge is 0.482 e. The molecule has 2 atom stereocenters. The molecular formula is C13H16N2O4. The van der Waals surface area contributed by atoms with Crippen LogP contribution in [0.15, 0.2) is 18.2 Å². The number of carbonyl (C=O) groups excluding carboxylic acids is 1. The normalized spacial score (nSPS) is 17.4. The fourth-order valence-corrected chi connectivity index (χ4v) is 1.94. The first-order chi connectivity index (χ1) is 8.91. The summed E-state index contributed by atoms with van der Waals surface area (Å²) in [7, 11) is 1.65. The van der Waals surface area contributed by atoms with Gasteiger partial charge >= 0.3 is 5.97 Å². The molecule has 0 radical (unpaired) electrons. The maximum atomic E-state index is 11.6. The molecule has 1 aromatic carbocycles. The van der Waals surface area contributed by atoms with Crippen LogP contribution in [0.3, 0.4) is 0 Å². The fourth-order valence-electron chi connectivity index (χ4n) is 1.94. The second-order valence-electron chi connectivity index (χ2n) is 4.62. The number of nitrogens with two attached hydrogens (primary N) is 1. The molecule has 102 valence electrons. The van der Waals surface area contributed by atoms with Gasteiger partial charge in [0.2, 0.25) is 0 Å². The molecule has 0 spiro atoms. The molecule has 1 aliphatic rings. The lowest BCUT2D eigenvalue weighted by Gasteiger charge is -2.27. The molecule has 1 heterocycles. The summed E-state index contributed by atoms with van der Waals surface area (Å²) in [6.45, 7) is 1.57. The number of carboxylic acid groups (broad SMARTS) is 1. The van der Waals surface area contributed by atoms with Crippen molar-refractivity contribution in [2.45, 2.75) is 13.0 Å². The molecule has 6 nitrogen and oxygen atoms in total. The molecule has 0 aromatic heterocycles. The van der Waals surface area contributed by atoms with Crippen LogP contribution in [0, 0.1) is 5.92 Å². The highest BCUT2D eigenvalue weighted by Crippen LogP contribution is 2.34. The average molecular weight is 264 g/mol. The summed E-state index contributed by atoms with van der Waals surface area (Å²) >= 11 is 0. The van der Waals surface area contributed by atoms with Gasteiger partial charge < -0.3 is 20.5 Å². The standard InChI is InChI=1S/C13H16N2O4/c1-7(13(17)18)12(14)8-3-4-10-9(5-8)15(2)11(16)6-19-10/h3-5,7,12H,6,14H2,1-2H3,(H,17,18). The van der Waals surface area contributed by atoms with E-state index >= 15 is 0 Å². The van der Waals surface area contributed by atoms with E-state index in [1.807, 2.05) is 0 Å². The van der Waals surface area contributed by atoms with Gasteiger partial charge in [0.15, 0.2) is 6.61 Å². The highest BCUT2D eigenvalue weighted by atomic mass is 16.5. The van der Waals surface area contributed by atoms with Crippen LogP contribution in [-0.4, -0.2) is 30.6 Å². The Balaban J connectivity index is 2.35. The van der Waals surface area contributed by atoms with E-state index in [-0.39, 0.29) is 12.5 Å². The number of anilines is 1. The van der Waals surface area contributed by atoms with Gasteiger partial charge in [0, 0.05) is 13.1 Å². The maximum Gasteiger partial charge on any atom is 0.308 e. The average Bonchev–Trinajstić information content (AvgIpc) is 2.41. The second kappa shape index (κ2) is 4.89. The Kier molecular flexibility index (Phi) is 3.44. The molecule has 0 saturated heterocycles. The summed E-state index contributed by atoms with van der Waals surface area (Å²) in [4.78, 5) is 24.0. The Labute approximate surface area is 110 Å². The van der Waals surface area contributed by atoms with Gasteiger partial charge in [-0.1, -0.05) is 13.0 Å². The van der Waals surface area contributed by atoms with Gasteiger partial charge in [-0.05, 0) is 17.7 Å². The van der Waals surface area contributed by atoms with Gasteiger partial charge in [0.1, 0.15) is 5.75 Å². The van der Waals surface area contributed by atoms with Crippen molar-refractivity contribution in [3.05, 3.63) is 23.8 Å². The number of hydrogen-bond acceptors (Lipinski definition) is 4. The lowest BCUT2D eigenvalue weighted by molar-refractivity contribution is -0.141. The van der Waals surface area contributed by atoms with Crippen molar-refractivity contribution >= 4 is 17.6 Å². The molecule has 1 amide bonds. The number of ether oxygens (including phenoxy) is 1. The topological polar surface area (TPSA) is 92.9 Å². The van der Waals surface area contributed by atoms with Crippen LogP contribution in [0.2, 0.25) is 0 Å². The zero-order chi connectivity index (χ0) is 14.2. The van der Waals surface area contributed by atoms with Crippen molar-refractivity contribution < 1.29 is 19.4 Å². The Hall–Kier alpha value is -2.08. The Bertz CT molecular complexity index is 529. The van der Waals surface area contributed by atoms with E-state index in [2.05, 4.69) is 0 Å². The van der Waals surface area contributed by atoms with Crippen molar-refractivity contribution in [3.8, 4) is 5.75 Å². The summed E-state index contributed by atoms with van der Waals surface area (Å²) < 4.78 is 5.30. The predicted molar refractivity (Wildman–Crippen MR) is 69.1 cm³/mol. The number of rotatable bonds is 3. The van der Waals surface area contributed by atoms with Gasteiger partial charge in [0.05, 0.1) is 11.6 Å². The van der Waals surface area contributed by atoms with Crippen LogP contribution in [0.1, 0.15) is 18.5 Å². The predicted octanol–water partition coefficient (Wildman–Crippen LogP) is 0.762. The Morgan fingerprint density at radius 1 is 1.53 bits per heavy atom.